The number of furan rings is 1. The van der Waals surface area contributed by atoms with Gasteiger partial charge in [0.1, 0.15) is 17.3 Å². The Morgan fingerprint density at radius 1 is 1.00 bits per heavy atom. The van der Waals surface area contributed by atoms with E-state index in [1.54, 1.807) is 25.3 Å². The third-order valence-electron chi connectivity index (χ3n) is 3.66. The Morgan fingerprint density at radius 2 is 1.80 bits per heavy atom. The van der Waals surface area contributed by atoms with Crippen LogP contribution >= 0.6 is 35.6 Å². The molecule has 3 aromatic rings. The van der Waals surface area contributed by atoms with Gasteiger partial charge in [0, 0.05) is 22.7 Å². The standard InChI is InChI=1S/C19H17Cl2NO2.ClH/c1-23-18-5-3-2-4-13(18)11-22-12-15-7-9-19(24-15)16-10-14(20)6-8-17(16)21;/h2-10,22H,11-12H2,1H3;1H. The Morgan fingerprint density at radius 3 is 2.60 bits per heavy atom. The predicted molar refractivity (Wildman–Crippen MR) is 105 cm³/mol. The fraction of sp³-hybridized carbons (Fsp3) is 0.158. The molecule has 0 saturated carbocycles. The second-order valence-corrected chi connectivity index (χ2v) is 6.15. The summed E-state index contributed by atoms with van der Waals surface area (Å²) in [5.74, 6) is 2.41. The maximum absolute atomic E-state index is 6.21. The first-order valence-corrected chi connectivity index (χ1v) is 8.29. The zero-order chi connectivity index (χ0) is 16.9. The van der Waals surface area contributed by atoms with E-state index in [1.165, 1.54) is 0 Å². The van der Waals surface area contributed by atoms with Gasteiger partial charge in [0.05, 0.1) is 18.7 Å². The number of hydrogen-bond donors (Lipinski definition) is 1. The van der Waals surface area contributed by atoms with Crippen LogP contribution in [0.3, 0.4) is 0 Å². The molecule has 3 rings (SSSR count). The fourth-order valence-electron chi connectivity index (χ4n) is 2.47. The van der Waals surface area contributed by atoms with E-state index in [1.807, 2.05) is 36.4 Å². The smallest absolute Gasteiger partial charge is 0.135 e. The quantitative estimate of drug-likeness (QED) is 0.555. The average molecular weight is 399 g/mol. The normalized spacial score (nSPS) is 10.4. The monoisotopic (exact) mass is 397 g/mol. The minimum atomic E-state index is 0. The first kappa shape index (κ1) is 19.7. The molecule has 2 aromatic carbocycles. The minimum Gasteiger partial charge on any atom is -0.496 e. The van der Waals surface area contributed by atoms with Gasteiger partial charge in [0.2, 0.25) is 0 Å². The average Bonchev–Trinajstić information content (AvgIpc) is 3.06. The topological polar surface area (TPSA) is 34.4 Å². The number of methoxy groups -OCH3 is 1. The van der Waals surface area contributed by atoms with Crippen LogP contribution in [0.15, 0.2) is 59.0 Å². The van der Waals surface area contributed by atoms with Crippen LogP contribution in [0.4, 0.5) is 0 Å². The molecule has 132 valence electrons. The molecule has 0 amide bonds. The molecule has 1 heterocycles. The van der Waals surface area contributed by atoms with Gasteiger partial charge in [-0.1, -0.05) is 41.4 Å². The molecule has 0 aliphatic carbocycles. The molecule has 6 heteroatoms. The first-order chi connectivity index (χ1) is 11.7. The van der Waals surface area contributed by atoms with Crippen LogP contribution in [0.25, 0.3) is 11.3 Å². The number of halogens is 3. The van der Waals surface area contributed by atoms with Crippen molar-refractivity contribution in [2.45, 2.75) is 13.1 Å². The third kappa shape index (κ3) is 4.93. The van der Waals surface area contributed by atoms with Gasteiger partial charge in [0.25, 0.3) is 0 Å². The van der Waals surface area contributed by atoms with Crippen molar-refractivity contribution >= 4 is 35.6 Å². The van der Waals surface area contributed by atoms with Crippen molar-refractivity contribution in [2.24, 2.45) is 0 Å². The van der Waals surface area contributed by atoms with Crippen LogP contribution in [-0.2, 0) is 13.1 Å². The van der Waals surface area contributed by atoms with E-state index in [2.05, 4.69) is 5.32 Å². The van der Waals surface area contributed by atoms with Gasteiger partial charge in [-0.2, -0.15) is 0 Å². The van der Waals surface area contributed by atoms with Gasteiger partial charge in [-0.3, -0.25) is 0 Å². The molecule has 0 unspecified atom stereocenters. The van der Waals surface area contributed by atoms with Gasteiger partial charge >= 0.3 is 0 Å². The van der Waals surface area contributed by atoms with E-state index in [0.717, 1.165) is 22.6 Å². The molecular weight excluding hydrogens is 381 g/mol. The summed E-state index contributed by atoms with van der Waals surface area (Å²) in [4.78, 5) is 0. The van der Waals surface area contributed by atoms with Gasteiger partial charge in [-0.05, 0) is 36.4 Å². The van der Waals surface area contributed by atoms with Crippen molar-refractivity contribution < 1.29 is 9.15 Å². The lowest BCUT2D eigenvalue weighted by Crippen LogP contribution is -2.12. The van der Waals surface area contributed by atoms with Gasteiger partial charge < -0.3 is 14.5 Å². The zero-order valence-corrected chi connectivity index (χ0v) is 15.9. The molecule has 3 nitrogen and oxygen atoms in total. The largest absolute Gasteiger partial charge is 0.496 e. The van der Waals surface area contributed by atoms with Crippen molar-refractivity contribution in [3.8, 4) is 17.1 Å². The highest BCUT2D eigenvalue weighted by Crippen LogP contribution is 2.31. The van der Waals surface area contributed by atoms with E-state index in [4.69, 9.17) is 32.4 Å². The second-order valence-electron chi connectivity index (χ2n) is 5.31. The summed E-state index contributed by atoms with van der Waals surface area (Å²) in [7, 11) is 1.67. The maximum Gasteiger partial charge on any atom is 0.135 e. The highest BCUT2D eigenvalue weighted by atomic mass is 35.5. The molecule has 25 heavy (non-hydrogen) atoms. The molecule has 0 radical (unpaired) electrons. The Bertz CT molecular complexity index is 833. The Labute approximate surface area is 163 Å². The highest BCUT2D eigenvalue weighted by Gasteiger charge is 2.10. The summed E-state index contributed by atoms with van der Waals surface area (Å²) >= 11 is 12.2. The zero-order valence-electron chi connectivity index (χ0n) is 13.6. The molecular formula is C19H18Cl3NO2. The molecule has 0 bridgehead atoms. The van der Waals surface area contributed by atoms with Crippen LogP contribution in [-0.4, -0.2) is 7.11 Å². The first-order valence-electron chi connectivity index (χ1n) is 7.54. The number of ether oxygens (including phenoxy) is 1. The van der Waals surface area contributed by atoms with Crippen LogP contribution in [0.5, 0.6) is 5.75 Å². The molecule has 1 aromatic heterocycles. The fourth-order valence-corrected chi connectivity index (χ4v) is 2.86. The second kappa shape index (κ2) is 9.16. The maximum atomic E-state index is 6.21. The molecule has 0 aliphatic rings. The van der Waals surface area contributed by atoms with Crippen molar-refractivity contribution in [3.63, 3.8) is 0 Å². The summed E-state index contributed by atoms with van der Waals surface area (Å²) in [6, 6.07) is 17.1. The summed E-state index contributed by atoms with van der Waals surface area (Å²) in [5.41, 5.74) is 1.89. The third-order valence-corrected chi connectivity index (χ3v) is 4.23. The molecule has 0 saturated heterocycles. The van der Waals surface area contributed by atoms with E-state index in [-0.39, 0.29) is 12.4 Å². The highest BCUT2D eigenvalue weighted by molar-refractivity contribution is 6.35. The van der Waals surface area contributed by atoms with Crippen LogP contribution < -0.4 is 10.1 Å². The SMILES string of the molecule is COc1ccccc1CNCc1ccc(-c2cc(Cl)ccc2Cl)o1.Cl. The molecule has 0 fully saturated rings. The number of benzene rings is 2. The lowest BCUT2D eigenvalue weighted by Gasteiger charge is -2.08. The number of hydrogen-bond acceptors (Lipinski definition) is 3. The van der Waals surface area contributed by atoms with Crippen molar-refractivity contribution in [1.82, 2.24) is 5.32 Å². The van der Waals surface area contributed by atoms with Crippen LogP contribution in [0.1, 0.15) is 11.3 Å². The Hall–Kier alpha value is -1.65. The predicted octanol–water partition coefficient (Wildman–Crippen LogP) is 5.97. The van der Waals surface area contributed by atoms with Gasteiger partial charge in [-0.25, -0.2) is 0 Å². The van der Waals surface area contributed by atoms with Gasteiger partial charge in [0.15, 0.2) is 0 Å². The van der Waals surface area contributed by atoms with Crippen molar-refractivity contribution in [1.29, 1.82) is 0 Å². The van der Waals surface area contributed by atoms with E-state index in [0.29, 0.717) is 28.9 Å². The minimum absolute atomic E-state index is 0. The summed E-state index contributed by atoms with van der Waals surface area (Å²) in [6.07, 6.45) is 0. The Balaban J connectivity index is 0.00000225. The summed E-state index contributed by atoms with van der Waals surface area (Å²) < 4.78 is 11.2. The van der Waals surface area contributed by atoms with Gasteiger partial charge in [-0.15, -0.1) is 12.4 Å². The van der Waals surface area contributed by atoms with E-state index < -0.39 is 0 Å². The van der Waals surface area contributed by atoms with E-state index in [9.17, 15) is 0 Å². The molecule has 0 spiro atoms. The molecule has 0 aliphatic heterocycles. The summed E-state index contributed by atoms with van der Waals surface area (Å²) in [5, 5.41) is 4.59. The lowest BCUT2D eigenvalue weighted by molar-refractivity contribution is 0.406. The lowest BCUT2D eigenvalue weighted by atomic mass is 10.2. The van der Waals surface area contributed by atoms with Crippen molar-refractivity contribution in [2.75, 3.05) is 7.11 Å². The van der Waals surface area contributed by atoms with E-state index >= 15 is 0 Å². The molecule has 1 N–H and O–H groups in total. The number of rotatable bonds is 6. The van der Waals surface area contributed by atoms with Crippen LogP contribution in [0, 0.1) is 0 Å². The summed E-state index contributed by atoms with van der Waals surface area (Å²) in [6.45, 7) is 1.30. The van der Waals surface area contributed by atoms with Crippen LogP contribution in [0.2, 0.25) is 10.0 Å². The van der Waals surface area contributed by atoms with Crippen molar-refractivity contribution in [3.05, 3.63) is 76.0 Å². The Kier molecular flexibility index (Phi) is 7.21. The number of para-hydroxylation sites is 1. The molecule has 0 atom stereocenters. The number of nitrogens with one attached hydrogen (secondary N) is 1.